The van der Waals surface area contributed by atoms with Crippen molar-refractivity contribution in [3.8, 4) is 11.5 Å². The molecule has 4 aromatic carbocycles. The lowest BCUT2D eigenvalue weighted by molar-refractivity contribution is 0.415. The van der Waals surface area contributed by atoms with Gasteiger partial charge in [-0.2, -0.15) is 0 Å². The van der Waals surface area contributed by atoms with Crippen molar-refractivity contribution in [2.75, 3.05) is 19.5 Å². The Morgan fingerprint density at radius 2 is 1.56 bits per heavy atom. The maximum Gasteiger partial charge on any atom is 0.204 e. The first-order chi connectivity index (χ1) is 15.8. The average Bonchev–Trinajstić information content (AvgIpc) is 3.20. The molecule has 0 aliphatic rings. The van der Waals surface area contributed by atoms with Gasteiger partial charge < -0.3 is 19.4 Å². The fraction of sp³-hybridized carbons (Fsp3) is 0.148. The van der Waals surface area contributed by atoms with Crippen LogP contribution in [0.2, 0.25) is 0 Å². The quantitative estimate of drug-likeness (QED) is 0.356. The van der Waals surface area contributed by atoms with Crippen LogP contribution in [0.25, 0.3) is 21.8 Å². The molecule has 0 fully saturated rings. The Kier molecular flexibility index (Phi) is 5.38. The Bertz CT molecular complexity index is 1380. The summed E-state index contributed by atoms with van der Waals surface area (Å²) in [7, 11) is 3.39. The van der Waals surface area contributed by atoms with Gasteiger partial charge >= 0.3 is 0 Å². The van der Waals surface area contributed by atoms with Gasteiger partial charge in [-0.15, -0.1) is 0 Å². The molecule has 0 unspecified atom stereocenters. The standard InChI is InChI=1S/C27H25N3O2/c1-31-24-16-15-20(26-21(24)11-8-14-25(26)32-2)17-28-27-29-22-12-6-7-13-23(22)30(27)18-19-9-4-3-5-10-19/h3-16H,17-18H2,1-2H3,(H,28,29). The summed E-state index contributed by atoms with van der Waals surface area (Å²) in [5.41, 5.74) is 4.44. The zero-order chi connectivity index (χ0) is 21.9. The van der Waals surface area contributed by atoms with E-state index in [1.54, 1.807) is 14.2 Å². The van der Waals surface area contributed by atoms with Crippen LogP contribution in [0.1, 0.15) is 11.1 Å². The first kappa shape index (κ1) is 19.9. The molecular weight excluding hydrogens is 398 g/mol. The smallest absolute Gasteiger partial charge is 0.204 e. The highest BCUT2D eigenvalue weighted by Gasteiger charge is 2.14. The van der Waals surface area contributed by atoms with Crippen molar-refractivity contribution in [3.05, 3.63) is 96.1 Å². The second-order valence-corrected chi connectivity index (χ2v) is 7.66. The lowest BCUT2D eigenvalue weighted by Gasteiger charge is -2.15. The average molecular weight is 424 g/mol. The van der Waals surface area contributed by atoms with E-state index in [0.29, 0.717) is 6.54 Å². The van der Waals surface area contributed by atoms with Crippen molar-refractivity contribution in [1.29, 1.82) is 0 Å². The van der Waals surface area contributed by atoms with E-state index in [-0.39, 0.29) is 0 Å². The molecule has 32 heavy (non-hydrogen) atoms. The maximum absolute atomic E-state index is 5.67. The van der Waals surface area contributed by atoms with Crippen LogP contribution < -0.4 is 14.8 Å². The van der Waals surface area contributed by atoms with E-state index in [2.05, 4.69) is 58.4 Å². The van der Waals surface area contributed by atoms with Crippen LogP contribution in [-0.2, 0) is 13.1 Å². The zero-order valence-electron chi connectivity index (χ0n) is 18.2. The molecule has 5 heteroatoms. The number of rotatable bonds is 7. The first-order valence-electron chi connectivity index (χ1n) is 10.6. The summed E-state index contributed by atoms with van der Waals surface area (Å²) >= 11 is 0. The second kappa shape index (κ2) is 8.63. The van der Waals surface area contributed by atoms with E-state index in [1.807, 2.05) is 36.4 Å². The van der Waals surface area contributed by atoms with E-state index in [0.717, 1.165) is 51.4 Å². The van der Waals surface area contributed by atoms with Crippen LogP contribution in [-0.4, -0.2) is 23.8 Å². The number of methoxy groups -OCH3 is 2. The molecule has 0 aliphatic carbocycles. The number of ether oxygens (including phenoxy) is 2. The number of hydrogen-bond donors (Lipinski definition) is 1. The summed E-state index contributed by atoms with van der Waals surface area (Å²) in [4.78, 5) is 4.88. The first-order valence-corrected chi connectivity index (χ1v) is 10.6. The van der Waals surface area contributed by atoms with Gasteiger partial charge in [0.15, 0.2) is 0 Å². The molecule has 0 bridgehead atoms. The Morgan fingerprint density at radius 1 is 0.781 bits per heavy atom. The Hall–Kier alpha value is -3.99. The van der Waals surface area contributed by atoms with Crippen molar-refractivity contribution >= 4 is 27.8 Å². The third-order valence-electron chi connectivity index (χ3n) is 5.76. The van der Waals surface area contributed by atoms with Gasteiger partial charge in [-0.05, 0) is 35.4 Å². The highest BCUT2D eigenvalue weighted by Crippen LogP contribution is 2.35. The van der Waals surface area contributed by atoms with E-state index in [1.165, 1.54) is 5.56 Å². The summed E-state index contributed by atoms with van der Waals surface area (Å²) in [6.07, 6.45) is 0. The van der Waals surface area contributed by atoms with Crippen molar-refractivity contribution in [1.82, 2.24) is 9.55 Å². The summed E-state index contributed by atoms with van der Waals surface area (Å²) in [6.45, 7) is 1.36. The van der Waals surface area contributed by atoms with Crippen LogP contribution in [0.3, 0.4) is 0 Å². The number of aromatic nitrogens is 2. The van der Waals surface area contributed by atoms with Gasteiger partial charge in [-0.1, -0.05) is 60.7 Å². The van der Waals surface area contributed by atoms with Crippen LogP contribution in [0.5, 0.6) is 11.5 Å². The predicted molar refractivity (Wildman–Crippen MR) is 130 cm³/mol. The van der Waals surface area contributed by atoms with Gasteiger partial charge in [-0.25, -0.2) is 4.98 Å². The monoisotopic (exact) mass is 423 g/mol. The minimum atomic E-state index is 0.610. The molecule has 0 saturated heterocycles. The minimum Gasteiger partial charge on any atom is -0.496 e. The lowest BCUT2D eigenvalue weighted by Crippen LogP contribution is -2.09. The number of nitrogens with zero attached hydrogens (tertiary/aromatic N) is 2. The van der Waals surface area contributed by atoms with Crippen LogP contribution in [0.4, 0.5) is 5.95 Å². The summed E-state index contributed by atoms with van der Waals surface area (Å²) in [6, 6.07) is 28.8. The molecule has 5 aromatic rings. The lowest BCUT2D eigenvalue weighted by atomic mass is 10.0. The zero-order valence-corrected chi connectivity index (χ0v) is 18.2. The van der Waals surface area contributed by atoms with Crippen molar-refractivity contribution < 1.29 is 9.47 Å². The van der Waals surface area contributed by atoms with Gasteiger partial charge in [0.25, 0.3) is 0 Å². The molecule has 5 rings (SSSR count). The Morgan fingerprint density at radius 3 is 2.38 bits per heavy atom. The molecule has 0 radical (unpaired) electrons. The van der Waals surface area contributed by atoms with Crippen molar-refractivity contribution in [2.45, 2.75) is 13.1 Å². The molecule has 0 spiro atoms. The van der Waals surface area contributed by atoms with E-state index < -0.39 is 0 Å². The molecule has 0 amide bonds. The Balaban J connectivity index is 1.54. The fourth-order valence-electron chi connectivity index (χ4n) is 4.22. The number of nitrogens with one attached hydrogen (secondary N) is 1. The summed E-state index contributed by atoms with van der Waals surface area (Å²) in [5, 5.41) is 5.66. The summed E-state index contributed by atoms with van der Waals surface area (Å²) in [5.74, 6) is 2.50. The predicted octanol–water partition coefficient (Wildman–Crippen LogP) is 5.87. The molecule has 0 atom stereocenters. The second-order valence-electron chi connectivity index (χ2n) is 7.66. The molecular formula is C27H25N3O2. The third kappa shape index (κ3) is 3.62. The number of imidazole rings is 1. The molecule has 0 saturated carbocycles. The molecule has 160 valence electrons. The molecule has 1 heterocycles. The molecule has 1 N–H and O–H groups in total. The highest BCUT2D eigenvalue weighted by molar-refractivity contribution is 5.96. The number of anilines is 1. The van der Waals surface area contributed by atoms with Gasteiger partial charge in [0.1, 0.15) is 11.5 Å². The molecule has 5 nitrogen and oxygen atoms in total. The van der Waals surface area contributed by atoms with Gasteiger partial charge in [-0.3, -0.25) is 0 Å². The van der Waals surface area contributed by atoms with Crippen LogP contribution >= 0.6 is 0 Å². The van der Waals surface area contributed by atoms with Crippen molar-refractivity contribution in [3.63, 3.8) is 0 Å². The van der Waals surface area contributed by atoms with E-state index >= 15 is 0 Å². The minimum absolute atomic E-state index is 0.610. The highest BCUT2D eigenvalue weighted by atomic mass is 16.5. The molecule has 0 aliphatic heterocycles. The summed E-state index contributed by atoms with van der Waals surface area (Å²) < 4.78 is 13.5. The van der Waals surface area contributed by atoms with Gasteiger partial charge in [0.2, 0.25) is 5.95 Å². The number of fused-ring (bicyclic) bond motifs is 2. The number of hydrogen-bond acceptors (Lipinski definition) is 4. The largest absolute Gasteiger partial charge is 0.496 e. The third-order valence-corrected chi connectivity index (χ3v) is 5.76. The number of para-hydroxylation sites is 2. The molecule has 1 aromatic heterocycles. The van der Waals surface area contributed by atoms with Crippen LogP contribution in [0, 0.1) is 0 Å². The number of benzene rings is 4. The maximum atomic E-state index is 5.67. The Labute approximate surface area is 187 Å². The fourth-order valence-corrected chi connectivity index (χ4v) is 4.22. The van der Waals surface area contributed by atoms with E-state index in [9.17, 15) is 0 Å². The topological polar surface area (TPSA) is 48.3 Å². The normalized spacial score (nSPS) is 11.1. The SMILES string of the molecule is COc1ccc(CNc2nc3ccccc3n2Cc2ccccc2)c2c(OC)cccc12. The van der Waals surface area contributed by atoms with Gasteiger partial charge in [0, 0.05) is 17.3 Å². The van der Waals surface area contributed by atoms with Crippen LogP contribution in [0.15, 0.2) is 84.9 Å². The van der Waals surface area contributed by atoms with Gasteiger partial charge in [0.05, 0.1) is 31.8 Å². The van der Waals surface area contributed by atoms with E-state index in [4.69, 9.17) is 14.5 Å². The van der Waals surface area contributed by atoms with Crippen molar-refractivity contribution in [2.24, 2.45) is 0 Å².